The monoisotopic (exact) mass is 220 g/mol. The van der Waals surface area contributed by atoms with Crippen LogP contribution in [0.25, 0.3) is 0 Å². The van der Waals surface area contributed by atoms with Gasteiger partial charge in [-0.1, -0.05) is 39.5 Å². The molecule has 3 saturated carbocycles. The predicted molar refractivity (Wildman–Crippen MR) is 69.2 cm³/mol. The van der Waals surface area contributed by atoms with E-state index in [0.29, 0.717) is 0 Å². The molecule has 0 heterocycles. The molecule has 0 radical (unpaired) electrons. The standard InChI is InChI=1S/C16H28/c1-11-6-5-9-15-14-8-4-3-7-13(14)12(2)10-16(11)15/h11-16H,3-10H2,1-2H3. The molecule has 16 heavy (non-hydrogen) atoms. The van der Waals surface area contributed by atoms with Gasteiger partial charge in [-0.2, -0.15) is 0 Å². The highest BCUT2D eigenvalue weighted by atomic mass is 14.5. The minimum absolute atomic E-state index is 1.03. The van der Waals surface area contributed by atoms with E-state index in [4.69, 9.17) is 0 Å². The van der Waals surface area contributed by atoms with Crippen LogP contribution in [-0.4, -0.2) is 0 Å². The summed E-state index contributed by atoms with van der Waals surface area (Å²) in [6, 6.07) is 0. The van der Waals surface area contributed by atoms with E-state index in [0.717, 1.165) is 35.5 Å². The van der Waals surface area contributed by atoms with Gasteiger partial charge in [0.1, 0.15) is 0 Å². The molecule has 92 valence electrons. The zero-order valence-corrected chi connectivity index (χ0v) is 11.1. The Morgan fingerprint density at radius 1 is 0.562 bits per heavy atom. The molecule has 0 spiro atoms. The molecule has 0 N–H and O–H groups in total. The topological polar surface area (TPSA) is 0 Å². The summed E-state index contributed by atoms with van der Waals surface area (Å²) in [4.78, 5) is 0. The van der Waals surface area contributed by atoms with Crippen molar-refractivity contribution in [1.29, 1.82) is 0 Å². The second kappa shape index (κ2) is 4.35. The van der Waals surface area contributed by atoms with Gasteiger partial charge in [-0.3, -0.25) is 0 Å². The van der Waals surface area contributed by atoms with Crippen molar-refractivity contribution in [2.24, 2.45) is 35.5 Å². The van der Waals surface area contributed by atoms with E-state index < -0.39 is 0 Å². The first-order valence-corrected chi connectivity index (χ1v) is 7.77. The van der Waals surface area contributed by atoms with Crippen LogP contribution in [0.2, 0.25) is 0 Å². The Bertz CT molecular complexity index is 242. The van der Waals surface area contributed by atoms with Gasteiger partial charge in [0.15, 0.2) is 0 Å². The Balaban J connectivity index is 1.81. The number of rotatable bonds is 0. The van der Waals surface area contributed by atoms with Crippen molar-refractivity contribution >= 4 is 0 Å². The SMILES string of the molecule is CC1CC2C(C)CCCC2C2CCCCC12. The molecular formula is C16H28. The van der Waals surface area contributed by atoms with Crippen molar-refractivity contribution in [2.45, 2.75) is 65.2 Å². The summed E-state index contributed by atoms with van der Waals surface area (Å²) in [7, 11) is 0. The highest BCUT2D eigenvalue weighted by molar-refractivity contribution is 4.95. The average Bonchev–Trinajstić information content (AvgIpc) is 2.31. The van der Waals surface area contributed by atoms with E-state index in [9.17, 15) is 0 Å². The fourth-order valence-electron chi connectivity index (χ4n) is 5.49. The quantitative estimate of drug-likeness (QED) is 0.545. The zero-order chi connectivity index (χ0) is 11.1. The summed E-state index contributed by atoms with van der Waals surface area (Å²) >= 11 is 0. The number of hydrogen-bond acceptors (Lipinski definition) is 0. The Morgan fingerprint density at radius 3 is 2.00 bits per heavy atom. The normalized spacial score (nSPS) is 52.9. The van der Waals surface area contributed by atoms with Crippen LogP contribution >= 0.6 is 0 Å². The summed E-state index contributed by atoms with van der Waals surface area (Å²) < 4.78 is 0. The first kappa shape index (κ1) is 11.1. The van der Waals surface area contributed by atoms with Gasteiger partial charge in [0.05, 0.1) is 0 Å². The van der Waals surface area contributed by atoms with E-state index in [-0.39, 0.29) is 0 Å². The lowest BCUT2D eigenvalue weighted by atomic mass is 9.53. The number of fused-ring (bicyclic) bond motifs is 3. The number of hydrogen-bond donors (Lipinski definition) is 0. The van der Waals surface area contributed by atoms with Crippen molar-refractivity contribution in [3.63, 3.8) is 0 Å². The molecule has 0 nitrogen and oxygen atoms in total. The summed E-state index contributed by atoms with van der Waals surface area (Å²) in [5.41, 5.74) is 0. The van der Waals surface area contributed by atoms with Crippen LogP contribution in [0, 0.1) is 35.5 Å². The molecule has 3 aliphatic carbocycles. The lowest BCUT2D eigenvalue weighted by Crippen LogP contribution is -2.44. The van der Waals surface area contributed by atoms with Gasteiger partial charge in [0, 0.05) is 0 Å². The third-order valence-corrected chi connectivity index (χ3v) is 6.28. The average molecular weight is 220 g/mol. The molecule has 3 aliphatic rings. The van der Waals surface area contributed by atoms with Crippen LogP contribution < -0.4 is 0 Å². The first-order chi connectivity index (χ1) is 7.77. The largest absolute Gasteiger partial charge is 0.0622 e. The highest BCUT2D eigenvalue weighted by Crippen LogP contribution is 2.54. The summed E-state index contributed by atoms with van der Waals surface area (Å²) in [5.74, 6) is 6.54. The molecule has 0 aromatic rings. The van der Waals surface area contributed by atoms with E-state index >= 15 is 0 Å². The lowest BCUT2D eigenvalue weighted by molar-refractivity contribution is -0.0305. The van der Waals surface area contributed by atoms with Crippen molar-refractivity contribution in [3.8, 4) is 0 Å². The second-order valence-electron chi connectivity index (χ2n) is 7.06. The molecule has 0 bridgehead atoms. The third kappa shape index (κ3) is 1.73. The Morgan fingerprint density at radius 2 is 1.19 bits per heavy atom. The van der Waals surface area contributed by atoms with Crippen molar-refractivity contribution in [1.82, 2.24) is 0 Å². The van der Waals surface area contributed by atoms with Crippen LogP contribution in [0.5, 0.6) is 0 Å². The van der Waals surface area contributed by atoms with Gasteiger partial charge < -0.3 is 0 Å². The smallest absolute Gasteiger partial charge is 0.0352 e. The molecule has 6 atom stereocenters. The maximum Gasteiger partial charge on any atom is -0.0352 e. The molecule has 0 saturated heterocycles. The van der Waals surface area contributed by atoms with Gasteiger partial charge in [-0.25, -0.2) is 0 Å². The van der Waals surface area contributed by atoms with Crippen LogP contribution in [0.3, 0.4) is 0 Å². The molecule has 0 aromatic carbocycles. The zero-order valence-electron chi connectivity index (χ0n) is 11.1. The third-order valence-electron chi connectivity index (χ3n) is 6.28. The Hall–Kier alpha value is 0. The summed E-state index contributed by atoms with van der Waals surface area (Å²) in [6.45, 7) is 5.09. The predicted octanol–water partition coefficient (Wildman–Crippen LogP) is 4.89. The van der Waals surface area contributed by atoms with Gasteiger partial charge >= 0.3 is 0 Å². The molecule has 0 aliphatic heterocycles. The maximum absolute atomic E-state index is 2.56. The van der Waals surface area contributed by atoms with Gasteiger partial charge in [0.25, 0.3) is 0 Å². The molecular weight excluding hydrogens is 192 g/mol. The fraction of sp³-hybridized carbons (Fsp3) is 1.00. The Labute approximate surface area is 101 Å². The van der Waals surface area contributed by atoms with Crippen molar-refractivity contribution in [3.05, 3.63) is 0 Å². The minimum Gasteiger partial charge on any atom is -0.0622 e. The minimum atomic E-state index is 1.03. The molecule has 6 unspecified atom stereocenters. The van der Waals surface area contributed by atoms with Crippen LogP contribution in [0.1, 0.15) is 65.2 Å². The van der Waals surface area contributed by atoms with Crippen molar-refractivity contribution < 1.29 is 0 Å². The van der Waals surface area contributed by atoms with Crippen LogP contribution in [-0.2, 0) is 0 Å². The van der Waals surface area contributed by atoms with E-state index in [2.05, 4.69) is 13.8 Å². The molecule has 0 amide bonds. The van der Waals surface area contributed by atoms with E-state index in [1.807, 2.05) is 0 Å². The van der Waals surface area contributed by atoms with Gasteiger partial charge in [-0.05, 0) is 61.2 Å². The van der Waals surface area contributed by atoms with Crippen LogP contribution in [0.15, 0.2) is 0 Å². The van der Waals surface area contributed by atoms with Gasteiger partial charge in [0.2, 0.25) is 0 Å². The Kier molecular flexibility index (Phi) is 3.02. The summed E-state index contributed by atoms with van der Waals surface area (Å²) in [5, 5.41) is 0. The fourth-order valence-corrected chi connectivity index (χ4v) is 5.49. The van der Waals surface area contributed by atoms with Crippen molar-refractivity contribution in [2.75, 3.05) is 0 Å². The van der Waals surface area contributed by atoms with Gasteiger partial charge in [-0.15, -0.1) is 0 Å². The lowest BCUT2D eigenvalue weighted by Gasteiger charge is -2.53. The molecule has 3 rings (SSSR count). The maximum atomic E-state index is 2.56. The van der Waals surface area contributed by atoms with E-state index in [1.54, 1.807) is 25.7 Å². The first-order valence-electron chi connectivity index (χ1n) is 7.77. The summed E-state index contributed by atoms with van der Waals surface area (Å²) in [6.07, 6.45) is 12.4. The van der Waals surface area contributed by atoms with E-state index in [1.165, 1.54) is 25.7 Å². The molecule has 0 heteroatoms. The molecule has 3 fully saturated rings. The second-order valence-corrected chi connectivity index (χ2v) is 7.06. The highest BCUT2D eigenvalue weighted by Gasteiger charge is 2.46. The van der Waals surface area contributed by atoms with Crippen LogP contribution in [0.4, 0.5) is 0 Å². The molecule has 0 aromatic heterocycles.